The number of aromatic nitrogens is 3. The predicted octanol–water partition coefficient (Wildman–Crippen LogP) is 3.72. The Hall–Kier alpha value is -3.42. The van der Waals surface area contributed by atoms with Crippen LogP contribution in [0.15, 0.2) is 34.9 Å². The smallest absolute Gasteiger partial charge is 0.229 e. The maximum absolute atomic E-state index is 12.7. The van der Waals surface area contributed by atoms with Crippen LogP contribution in [-0.2, 0) is 11.2 Å². The normalized spacial score (nSPS) is 14.0. The summed E-state index contributed by atoms with van der Waals surface area (Å²) < 4.78 is 5.20. The van der Waals surface area contributed by atoms with Gasteiger partial charge in [0.05, 0.1) is 5.69 Å². The number of hydrogen-bond donors (Lipinski definition) is 1. The van der Waals surface area contributed by atoms with Gasteiger partial charge in [-0.1, -0.05) is 22.9 Å². The first-order chi connectivity index (χ1) is 15.4. The van der Waals surface area contributed by atoms with Crippen LogP contribution in [-0.4, -0.2) is 52.1 Å². The van der Waals surface area contributed by atoms with Gasteiger partial charge in [0, 0.05) is 55.6 Å². The molecule has 0 radical (unpaired) electrons. The molecule has 1 aliphatic rings. The van der Waals surface area contributed by atoms with Gasteiger partial charge in [-0.15, -0.1) is 0 Å². The summed E-state index contributed by atoms with van der Waals surface area (Å²) >= 11 is 0. The molecule has 2 aromatic heterocycles. The number of amides is 1. The lowest BCUT2D eigenvalue weighted by molar-refractivity contribution is -0.131. The predicted molar refractivity (Wildman–Crippen MR) is 124 cm³/mol. The first kappa shape index (κ1) is 21.8. The Bertz CT molecular complexity index is 1060. The highest BCUT2D eigenvalue weighted by Gasteiger charge is 2.23. The molecule has 0 atom stereocenters. The highest BCUT2D eigenvalue weighted by Crippen LogP contribution is 2.21. The number of rotatable bonds is 6. The summed E-state index contributed by atoms with van der Waals surface area (Å²) in [6.45, 7) is 10.7. The van der Waals surface area contributed by atoms with Gasteiger partial charge in [0.2, 0.25) is 11.9 Å². The van der Waals surface area contributed by atoms with Crippen LogP contribution < -0.4 is 10.2 Å². The zero-order chi connectivity index (χ0) is 22.7. The fourth-order valence-electron chi connectivity index (χ4n) is 3.97. The van der Waals surface area contributed by atoms with E-state index in [1.54, 1.807) is 0 Å². The molecule has 3 aromatic rings. The molecule has 32 heavy (non-hydrogen) atoms. The SMILES string of the molecule is Cc1ccc(Nc2nc(C)cc(N3CCN(C(=O)CCc4c(C)noc4C)CC3)n2)cc1. The molecule has 1 fully saturated rings. The average molecular weight is 435 g/mol. The summed E-state index contributed by atoms with van der Waals surface area (Å²) in [5.41, 5.74) is 4.99. The number of carbonyl (C=O) groups is 1. The van der Waals surface area contributed by atoms with Gasteiger partial charge in [-0.25, -0.2) is 4.98 Å². The van der Waals surface area contributed by atoms with Crippen molar-refractivity contribution in [3.8, 4) is 0 Å². The van der Waals surface area contributed by atoms with E-state index in [-0.39, 0.29) is 5.91 Å². The molecule has 4 rings (SSSR count). The largest absolute Gasteiger partial charge is 0.361 e. The first-order valence-corrected chi connectivity index (χ1v) is 11.0. The van der Waals surface area contributed by atoms with E-state index in [9.17, 15) is 4.79 Å². The van der Waals surface area contributed by atoms with Crippen molar-refractivity contribution in [3.05, 3.63) is 58.6 Å². The number of hydrogen-bond acceptors (Lipinski definition) is 7. The molecule has 1 aliphatic heterocycles. The second-order valence-electron chi connectivity index (χ2n) is 8.35. The Morgan fingerprint density at radius 3 is 2.41 bits per heavy atom. The van der Waals surface area contributed by atoms with Crippen LogP contribution in [0.4, 0.5) is 17.5 Å². The topological polar surface area (TPSA) is 87.4 Å². The molecule has 0 spiro atoms. The van der Waals surface area contributed by atoms with Crippen molar-refractivity contribution in [2.75, 3.05) is 36.4 Å². The molecule has 0 saturated carbocycles. The molecule has 1 N–H and O–H groups in total. The lowest BCUT2D eigenvalue weighted by atomic mass is 10.1. The Labute approximate surface area is 188 Å². The molecule has 3 heterocycles. The number of piperazine rings is 1. The number of nitrogens with zero attached hydrogens (tertiary/aromatic N) is 5. The molecular weight excluding hydrogens is 404 g/mol. The minimum absolute atomic E-state index is 0.172. The van der Waals surface area contributed by atoms with Crippen LogP contribution >= 0.6 is 0 Å². The van der Waals surface area contributed by atoms with Crippen molar-refractivity contribution < 1.29 is 9.32 Å². The van der Waals surface area contributed by atoms with Gasteiger partial charge in [-0.3, -0.25) is 4.79 Å². The van der Waals surface area contributed by atoms with E-state index >= 15 is 0 Å². The van der Waals surface area contributed by atoms with Crippen LogP contribution in [0.25, 0.3) is 0 Å². The molecule has 0 bridgehead atoms. The Balaban J connectivity index is 1.35. The maximum atomic E-state index is 12.7. The summed E-state index contributed by atoms with van der Waals surface area (Å²) in [7, 11) is 0. The highest BCUT2D eigenvalue weighted by molar-refractivity contribution is 5.77. The third-order valence-corrected chi connectivity index (χ3v) is 5.87. The van der Waals surface area contributed by atoms with Gasteiger partial charge >= 0.3 is 0 Å². The summed E-state index contributed by atoms with van der Waals surface area (Å²) in [6.07, 6.45) is 1.14. The van der Waals surface area contributed by atoms with E-state index in [0.29, 0.717) is 31.9 Å². The van der Waals surface area contributed by atoms with Crippen LogP contribution in [0.1, 0.15) is 34.7 Å². The minimum Gasteiger partial charge on any atom is -0.361 e. The van der Waals surface area contributed by atoms with E-state index in [1.807, 2.05) is 43.9 Å². The monoisotopic (exact) mass is 434 g/mol. The Kier molecular flexibility index (Phi) is 6.39. The second kappa shape index (κ2) is 9.38. The van der Waals surface area contributed by atoms with E-state index in [1.165, 1.54) is 5.56 Å². The van der Waals surface area contributed by atoms with Gasteiger partial charge in [-0.05, 0) is 46.2 Å². The average Bonchev–Trinajstić information content (AvgIpc) is 3.10. The summed E-state index contributed by atoms with van der Waals surface area (Å²) in [5.74, 6) is 2.44. The van der Waals surface area contributed by atoms with Crippen LogP contribution in [0.3, 0.4) is 0 Å². The lowest BCUT2D eigenvalue weighted by Crippen LogP contribution is -2.49. The molecule has 1 aromatic carbocycles. The standard InChI is InChI=1S/C24H30N6O2/c1-16-5-7-20(8-6-16)26-24-25-17(2)15-22(27-24)29-11-13-30(14-12-29)23(31)10-9-21-18(3)28-32-19(21)4/h5-8,15H,9-14H2,1-4H3,(H,25,26,27). The molecule has 8 heteroatoms. The van der Waals surface area contributed by atoms with Crippen molar-refractivity contribution in [3.63, 3.8) is 0 Å². The third kappa shape index (κ3) is 5.07. The summed E-state index contributed by atoms with van der Waals surface area (Å²) in [6, 6.07) is 10.2. The summed E-state index contributed by atoms with van der Waals surface area (Å²) in [4.78, 5) is 26.1. The van der Waals surface area contributed by atoms with Crippen molar-refractivity contribution in [2.24, 2.45) is 0 Å². The van der Waals surface area contributed by atoms with Crippen molar-refractivity contribution in [1.29, 1.82) is 0 Å². The van der Waals surface area contributed by atoms with Crippen molar-refractivity contribution in [1.82, 2.24) is 20.0 Å². The third-order valence-electron chi connectivity index (χ3n) is 5.87. The van der Waals surface area contributed by atoms with E-state index < -0.39 is 0 Å². The molecule has 8 nitrogen and oxygen atoms in total. The van der Waals surface area contributed by atoms with E-state index in [2.05, 4.69) is 39.4 Å². The molecular formula is C24H30N6O2. The minimum atomic E-state index is 0.172. The van der Waals surface area contributed by atoms with Crippen LogP contribution in [0, 0.1) is 27.7 Å². The quantitative estimate of drug-likeness (QED) is 0.633. The second-order valence-corrected chi connectivity index (χ2v) is 8.35. The number of benzene rings is 1. The van der Waals surface area contributed by atoms with Gasteiger partial charge in [0.1, 0.15) is 11.6 Å². The van der Waals surface area contributed by atoms with Gasteiger partial charge in [-0.2, -0.15) is 4.98 Å². The van der Waals surface area contributed by atoms with E-state index in [4.69, 9.17) is 9.51 Å². The van der Waals surface area contributed by atoms with Gasteiger partial charge in [0.15, 0.2) is 0 Å². The lowest BCUT2D eigenvalue weighted by Gasteiger charge is -2.35. The Morgan fingerprint density at radius 2 is 1.75 bits per heavy atom. The molecule has 0 aliphatic carbocycles. The molecule has 168 valence electrons. The fourth-order valence-corrected chi connectivity index (χ4v) is 3.97. The molecule has 1 saturated heterocycles. The first-order valence-electron chi connectivity index (χ1n) is 11.0. The number of nitrogens with one attached hydrogen (secondary N) is 1. The summed E-state index contributed by atoms with van der Waals surface area (Å²) in [5, 5.41) is 7.26. The van der Waals surface area contributed by atoms with Crippen molar-refractivity contribution >= 4 is 23.4 Å². The van der Waals surface area contributed by atoms with Gasteiger partial charge in [0.25, 0.3) is 0 Å². The number of carbonyl (C=O) groups excluding carboxylic acids is 1. The fraction of sp³-hybridized carbons (Fsp3) is 0.417. The van der Waals surface area contributed by atoms with Crippen LogP contribution in [0.5, 0.6) is 0 Å². The number of aryl methyl sites for hydroxylation is 4. The maximum Gasteiger partial charge on any atom is 0.229 e. The Morgan fingerprint density at radius 1 is 1.03 bits per heavy atom. The highest BCUT2D eigenvalue weighted by atomic mass is 16.5. The number of anilines is 3. The zero-order valence-electron chi connectivity index (χ0n) is 19.2. The van der Waals surface area contributed by atoms with E-state index in [0.717, 1.165) is 47.3 Å². The zero-order valence-corrected chi connectivity index (χ0v) is 19.2. The van der Waals surface area contributed by atoms with Crippen LogP contribution in [0.2, 0.25) is 0 Å². The molecule has 1 amide bonds. The van der Waals surface area contributed by atoms with Gasteiger partial charge < -0.3 is 19.6 Å². The molecule has 0 unspecified atom stereocenters. The van der Waals surface area contributed by atoms with Crippen molar-refractivity contribution in [2.45, 2.75) is 40.5 Å².